The molecular weight excluding hydrogens is 308 g/mol. The molecule has 2 heteroatoms. The number of allylic oxidation sites excluding steroid dienone is 2. The number of carbonyl (C=O) groups excluding carboxylic acids is 2. The Bertz CT molecular complexity index is 659. The lowest BCUT2D eigenvalue weighted by Crippen LogP contribution is -2.53. The van der Waals surface area contributed by atoms with Crippen molar-refractivity contribution in [3.63, 3.8) is 0 Å². The van der Waals surface area contributed by atoms with Gasteiger partial charge in [0.05, 0.1) is 0 Å². The highest BCUT2D eigenvalue weighted by Crippen LogP contribution is 2.66. The van der Waals surface area contributed by atoms with Crippen LogP contribution in [0, 0.1) is 40.4 Å². The van der Waals surface area contributed by atoms with E-state index >= 15 is 0 Å². The van der Waals surface area contributed by atoms with Gasteiger partial charge in [-0.2, -0.15) is 0 Å². The van der Waals surface area contributed by atoms with Crippen molar-refractivity contribution in [1.82, 2.24) is 0 Å². The number of hydrogen-bond donors (Lipinski definition) is 0. The normalized spacial score (nSPS) is 47.4. The molecule has 4 aliphatic rings. The lowest BCUT2D eigenvalue weighted by molar-refractivity contribution is -0.131. The first kappa shape index (κ1) is 17.2. The minimum atomic E-state index is -0.0582. The number of rotatable bonds is 2. The van der Waals surface area contributed by atoms with Gasteiger partial charge in [0, 0.05) is 18.4 Å². The van der Waals surface area contributed by atoms with Crippen LogP contribution in [0.3, 0.4) is 0 Å². The third kappa shape index (κ3) is 2.28. The number of hydrogen-bond acceptors (Lipinski definition) is 2. The molecule has 0 aliphatic heterocycles. The first-order valence-corrected chi connectivity index (χ1v) is 10.2. The van der Waals surface area contributed by atoms with Gasteiger partial charge in [-0.25, -0.2) is 0 Å². The summed E-state index contributed by atoms with van der Waals surface area (Å²) in [5.41, 5.74) is 1.16. The van der Waals surface area contributed by atoms with Crippen molar-refractivity contribution in [2.75, 3.05) is 0 Å². The van der Waals surface area contributed by atoms with Crippen molar-refractivity contribution in [2.24, 2.45) is 40.4 Å². The van der Waals surface area contributed by atoms with Crippen LogP contribution in [0.2, 0.25) is 0 Å². The van der Waals surface area contributed by atoms with Gasteiger partial charge in [0.2, 0.25) is 0 Å². The second-order valence-electron chi connectivity index (χ2n) is 9.77. The van der Waals surface area contributed by atoms with Crippen LogP contribution in [0.4, 0.5) is 0 Å². The Morgan fingerprint density at radius 2 is 1.92 bits per heavy atom. The van der Waals surface area contributed by atoms with Gasteiger partial charge in [-0.15, -0.1) is 6.58 Å². The molecule has 4 rings (SSSR count). The van der Waals surface area contributed by atoms with Crippen LogP contribution in [-0.2, 0) is 9.59 Å². The largest absolute Gasteiger partial charge is 0.295 e. The summed E-state index contributed by atoms with van der Waals surface area (Å²) in [6.07, 6.45) is 11.0. The zero-order valence-electron chi connectivity index (χ0n) is 16.0. The predicted molar refractivity (Wildman–Crippen MR) is 100.0 cm³/mol. The van der Waals surface area contributed by atoms with E-state index in [0.29, 0.717) is 47.8 Å². The number of Topliss-reactive ketones (excluding diaryl/α,β-unsaturated/α-hetero) is 1. The summed E-state index contributed by atoms with van der Waals surface area (Å²) < 4.78 is 0. The summed E-state index contributed by atoms with van der Waals surface area (Å²) in [4.78, 5) is 24.9. The zero-order chi connectivity index (χ0) is 18.0. The zero-order valence-corrected chi connectivity index (χ0v) is 16.0. The number of carbonyl (C=O) groups is 2. The average molecular weight is 341 g/mol. The second kappa shape index (κ2) is 5.66. The Kier molecular flexibility index (Phi) is 3.90. The third-order valence-electron chi connectivity index (χ3n) is 8.87. The summed E-state index contributed by atoms with van der Waals surface area (Å²) in [5.74, 6) is 3.46. The lowest BCUT2D eigenvalue weighted by Gasteiger charge is -2.57. The molecule has 4 aliphatic carbocycles. The van der Waals surface area contributed by atoms with Gasteiger partial charge < -0.3 is 0 Å². The fourth-order valence-corrected chi connectivity index (χ4v) is 7.46. The molecule has 0 N–H and O–H groups in total. The average Bonchev–Trinajstić information content (AvgIpc) is 2.93. The summed E-state index contributed by atoms with van der Waals surface area (Å²) >= 11 is 0. The van der Waals surface area contributed by atoms with Crippen LogP contribution in [0.15, 0.2) is 24.3 Å². The van der Waals surface area contributed by atoms with Gasteiger partial charge in [-0.05, 0) is 78.6 Å². The SMILES string of the molecule is C=CC(C)C1CCC2C3CC(=O)C4=CC(=O)CCC4(C)C3CCC12C. The Balaban J connectivity index is 1.70. The van der Waals surface area contributed by atoms with E-state index in [1.807, 2.05) is 0 Å². The molecule has 0 amide bonds. The van der Waals surface area contributed by atoms with E-state index in [2.05, 4.69) is 33.4 Å². The Morgan fingerprint density at radius 1 is 1.16 bits per heavy atom. The third-order valence-corrected chi connectivity index (χ3v) is 8.87. The molecule has 25 heavy (non-hydrogen) atoms. The minimum absolute atomic E-state index is 0.0582. The van der Waals surface area contributed by atoms with Crippen LogP contribution in [0.25, 0.3) is 0 Å². The van der Waals surface area contributed by atoms with E-state index in [9.17, 15) is 9.59 Å². The first-order chi connectivity index (χ1) is 11.8. The Hall–Kier alpha value is -1.18. The Morgan fingerprint density at radius 3 is 2.64 bits per heavy atom. The molecule has 0 aromatic carbocycles. The van der Waals surface area contributed by atoms with Crippen LogP contribution in [0.1, 0.15) is 65.7 Å². The van der Waals surface area contributed by atoms with Gasteiger partial charge in [-0.1, -0.05) is 26.8 Å². The monoisotopic (exact) mass is 340 g/mol. The highest BCUT2D eigenvalue weighted by molar-refractivity contribution is 6.05. The smallest absolute Gasteiger partial charge is 0.159 e. The summed E-state index contributed by atoms with van der Waals surface area (Å²) in [6, 6.07) is 0. The molecule has 3 fully saturated rings. The van der Waals surface area contributed by atoms with Crippen molar-refractivity contribution in [3.05, 3.63) is 24.3 Å². The molecule has 2 nitrogen and oxygen atoms in total. The van der Waals surface area contributed by atoms with E-state index in [1.165, 1.54) is 25.7 Å². The fraction of sp³-hybridized carbons (Fsp3) is 0.739. The van der Waals surface area contributed by atoms with Crippen molar-refractivity contribution < 1.29 is 9.59 Å². The molecule has 0 radical (unpaired) electrons. The molecule has 0 spiro atoms. The van der Waals surface area contributed by atoms with Crippen molar-refractivity contribution in [2.45, 2.75) is 65.7 Å². The first-order valence-electron chi connectivity index (χ1n) is 10.2. The quantitative estimate of drug-likeness (QED) is 0.653. The van der Waals surface area contributed by atoms with Crippen LogP contribution in [-0.4, -0.2) is 11.6 Å². The van der Waals surface area contributed by atoms with Gasteiger partial charge >= 0.3 is 0 Å². The van der Waals surface area contributed by atoms with Gasteiger partial charge in [0.1, 0.15) is 0 Å². The molecule has 0 aromatic rings. The highest BCUT2D eigenvalue weighted by Gasteiger charge is 2.60. The maximum Gasteiger partial charge on any atom is 0.159 e. The summed E-state index contributed by atoms with van der Waals surface area (Å²) in [7, 11) is 0. The van der Waals surface area contributed by atoms with Crippen LogP contribution < -0.4 is 0 Å². The number of fused-ring (bicyclic) bond motifs is 5. The molecule has 136 valence electrons. The minimum Gasteiger partial charge on any atom is -0.295 e. The van der Waals surface area contributed by atoms with Crippen LogP contribution in [0.5, 0.6) is 0 Å². The summed E-state index contributed by atoms with van der Waals surface area (Å²) in [6.45, 7) is 11.1. The Labute approximate surface area is 152 Å². The van der Waals surface area contributed by atoms with E-state index in [0.717, 1.165) is 12.0 Å². The van der Waals surface area contributed by atoms with E-state index in [4.69, 9.17) is 0 Å². The topological polar surface area (TPSA) is 34.1 Å². The molecule has 0 aromatic heterocycles. The maximum atomic E-state index is 13.0. The van der Waals surface area contributed by atoms with E-state index in [-0.39, 0.29) is 17.0 Å². The van der Waals surface area contributed by atoms with Gasteiger partial charge in [0.15, 0.2) is 11.6 Å². The van der Waals surface area contributed by atoms with Crippen molar-refractivity contribution in [1.29, 1.82) is 0 Å². The fourth-order valence-electron chi connectivity index (χ4n) is 7.46. The molecule has 0 saturated heterocycles. The molecule has 0 heterocycles. The number of ketones is 2. The molecule has 7 atom stereocenters. The summed E-state index contributed by atoms with van der Waals surface area (Å²) in [5, 5.41) is 0. The standard InChI is InChI=1S/C23H32O2/c1-5-14(2)17-6-7-18-16-13-21(25)20-12-15(24)8-10-23(20,4)19(16)9-11-22(17,18)3/h5,12,14,16-19H,1,6-11,13H2,2-4H3. The molecular formula is C23H32O2. The maximum absolute atomic E-state index is 13.0. The van der Waals surface area contributed by atoms with E-state index < -0.39 is 0 Å². The van der Waals surface area contributed by atoms with E-state index in [1.54, 1.807) is 6.08 Å². The molecule has 3 saturated carbocycles. The van der Waals surface area contributed by atoms with Gasteiger partial charge in [0.25, 0.3) is 0 Å². The highest BCUT2D eigenvalue weighted by atomic mass is 16.1. The van der Waals surface area contributed by atoms with Crippen LogP contribution >= 0.6 is 0 Å². The van der Waals surface area contributed by atoms with Crippen molar-refractivity contribution in [3.8, 4) is 0 Å². The molecule has 0 bridgehead atoms. The second-order valence-corrected chi connectivity index (χ2v) is 9.77. The van der Waals surface area contributed by atoms with Crippen molar-refractivity contribution >= 4 is 11.6 Å². The predicted octanol–water partition coefficient (Wildman–Crippen LogP) is 5.14. The lowest BCUT2D eigenvalue weighted by atomic mass is 9.46. The molecule has 7 unspecified atom stereocenters. The van der Waals surface area contributed by atoms with Gasteiger partial charge in [-0.3, -0.25) is 9.59 Å².